The molecular formula is C9H5BrClNO. The summed E-state index contributed by atoms with van der Waals surface area (Å²) in [6.07, 6.45) is 0. The van der Waals surface area contributed by atoms with E-state index in [-0.39, 0.29) is 5.56 Å². The molecule has 66 valence electrons. The van der Waals surface area contributed by atoms with Crippen molar-refractivity contribution >= 4 is 38.4 Å². The van der Waals surface area contributed by atoms with Crippen LogP contribution in [0.1, 0.15) is 0 Å². The minimum absolute atomic E-state index is 0.129. The average Bonchev–Trinajstić information content (AvgIpc) is 2.12. The lowest BCUT2D eigenvalue weighted by atomic mass is 10.2. The number of pyridine rings is 1. The van der Waals surface area contributed by atoms with E-state index in [1.54, 1.807) is 18.2 Å². The summed E-state index contributed by atoms with van der Waals surface area (Å²) < 4.78 is 0.838. The first-order valence-electron chi connectivity index (χ1n) is 3.65. The smallest absolute Gasteiger partial charge is 0.248 e. The largest absolute Gasteiger partial charge is 0.321 e. The number of hydrogen-bond donors (Lipinski definition) is 1. The third-order valence-corrected chi connectivity index (χ3v) is 2.78. The third-order valence-electron chi connectivity index (χ3n) is 1.79. The fourth-order valence-electron chi connectivity index (χ4n) is 1.18. The Morgan fingerprint density at radius 1 is 1.23 bits per heavy atom. The molecule has 0 fully saturated rings. The highest BCUT2D eigenvalue weighted by atomic mass is 79.9. The Morgan fingerprint density at radius 2 is 2.00 bits per heavy atom. The molecule has 2 aromatic rings. The lowest BCUT2D eigenvalue weighted by molar-refractivity contribution is 1.30. The number of aromatic amines is 1. The molecule has 4 heteroatoms. The van der Waals surface area contributed by atoms with Gasteiger partial charge in [0.25, 0.3) is 0 Å². The summed E-state index contributed by atoms with van der Waals surface area (Å²) in [4.78, 5) is 13.7. The number of hydrogen-bond acceptors (Lipinski definition) is 1. The van der Waals surface area contributed by atoms with Crippen LogP contribution in [0, 0.1) is 0 Å². The monoisotopic (exact) mass is 257 g/mol. The second-order valence-electron chi connectivity index (χ2n) is 2.64. The van der Waals surface area contributed by atoms with Crippen LogP contribution in [0.3, 0.4) is 0 Å². The van der Waals surface area contributed by atoms with E-state index >= 15 is 0 Å². The molecule has 0 radical (unpaired) electrons. The second kappa shape index (κ2) is 3.16. The molecule has 0 amide bonds. The number of fused-ring (bicyclic) bond motifs is 1. The van der Waals surface area contributed by atoms with Gasteiger partial charge in [-0.05, 0) is 34.1 Å². The zero-order valence-electron chi connectivity index (χ0n) is 6.47. The van der Waals surface area contributed by atoms with Crippen LogP contribution in [-0.2, 0) is 0 Å². The van der Waals surface area contributed by atoms with Crippen molar-refractivity contribution in [1.82, 2.24) is 4.98 Å². The molecule has 13 heavy (non-hydrogen) atoms. The summed E-state index contributed by atoms with van der Waals surface area (Å²) in [6.45, 7) is 0. The van der Waals surface area contributed by atoms with Gasteiger partial charge in [-0.15, -0.1) is 0 Å². The number of benzene rings is 1. The molecule has 0 saturated heterocycles. The molecule has 1 aromatic heterocycles. The van der Waals surface area contributed by atoms with Gasteiger partial charge in [-0.2, -0.15) is 0 Å². The minimum atomic E-state index is -0.129. The highest BCUT2D eigenvalue weighted by molar-refractivity contribution is 9.10. The van der Waals surface area contributed by atoms with Crippen LogP contribution >= 0.6 is 27.5 Å². The van der Waals surface area contributed by atoms with Gasteiger partial charge in [-0.25, -0.2) is 0 Å². The zero-order chi connectivity index (χ0) is 9.42. The standard InChI is InChI=1S/C9H5BrClNO/c10-6-2-3-7(11)5-1-4-8(13)12-9(5)6/h1-4H,(H,12,13). The molecule has 0 aliphatic heterocycles. The van der Waals surface area contributed by atoms with Gasteiger partial charge in [-0.3, -0.25) is 4.79 Å². The van der Waals surface area contributed by atoms with Crippen molar-refractivity contribution in [3.8, 4) is 0 Å². The Kier molecular flexibility index (Phi) is 2.14. The Labute approximate surface area is 87.7 Å². The van der Waals surface area contributed by atoms with E-state index in [1.807, 2.05) is 0 Å². The normalized spacial score (nSPS) is 10.6. The van der Waals surface area contributed by atoms with Crippen molar-refractivity contribution in [2.24, 2.45) is 0 Å². The first kappa shape index (κ1) is 8.78. The first-order valence-corrected chi connectivity index (χ1v) is 4.82. The van der Waals surface area contributed by atoms with Crippen molar-refractivity contribution < 1.29 is 0 Å². The molecule has 2 nitrogen and oxygen atoms in total. The van der Waals surface area contributed by atoms with Gasteiger partial charge in [0.15, 0.2) is 0 Å². The van der Waals surface area contributed by atoms with Crippen molar-refractivity contribution in [1.29, 1.82) is 0 Å². The van der Waals surface area contributed by atoms with E-state index in [4.69, 9.17) is 11.6 Å². The lowest BCUT2D eigenvalue weighted by Gasteiger charge is -2.01. The lowest BCUT2D eigenvalue weighted by Crippen LogP contribution is -2.02. The minimum Gasteiger partial charge on any atom is -0.321 e. The third kappa shape index (κ3) is 1.49. The molecule has 0 spiro atoms. The topological polar surface area (TPSA) is 32.9 Å². The van der Waals surface area contributed by atoms with Crippen molar-refractivity contribution in [3.05, 3.63) is 44.1 Å². The summed E-state index contributed by atoms with van der Waals surface area (Å²) in [5.41, 5.74) is 0.607. The molecule has 2 rings (SSSR count). The Bertz CT molecular complexity index is 520. The van der Waals surface area contributed by atoms with E-state index < -0.39 is 0 Å². The van der Waals surface area contributed by atoms with Crippen LogP contribution in [-0.4, -0.2) is 4.98 Å². The van der Waals surface area contributed by atoms with E-state index in [2.05, 4.69) is 20.9 Å². The van der Waals surface area contributed by atoms with Gasteiger partial charge in [0.2, 0.25) is 5.56 Å². The van der Waals surface area contributed by atoms with Gasteiger partial charge in [0.05, 0.1) is 5.52 Å². The van der Waals surface area contributed by atoms with Crippen LogP contribution in [0.25, 0.3) is 10.9 Å². The van der Waals surface area contributed by atoms with Gasteiger partial charge in [0.1, 0.15) is 0 Å². The number of nitrogens with one attached hydrogen (secondary N) is 1. The first-order chi connectivity index (χ1) is 6.18. The maximum atomic E-state index is 11.0. The molecular weight excluding hydrogens is 253 g/mol. The maximum Gasteiger partial charge on any atom is 0.248 e. The van der Waals surface area contributed by atoms with Crippen molar-refractivity contribution in [3.63, 3.8) is 0 Å². The highest BCUT2D eigenvalue weighted by Crippen LogP contribution is 2.26. The second-order valence-corrected chi connectivity index (χ2v) is 3.90. The van der Waals surface area contributed by atoms with E-state index in [9.17, 15) is 4.79 Å². The van der Waals surface area contributed by atoms with Gasteiger partial charge in [0, 0.05) is 20.9 Å². The predicted octanol–water partition coefficient (Wildman–Crippen LogP) is 2.94. The number of aromatic nitrogens is 1. The van der Waals surface area contributed by atoms with Crippen LogP contribution in [0.15, 0.2) is 33.5 Å². The SMILES string of the molecule is O=c1ccc2c(Cl)ccc(Br)c2[nH]1. The van der Waals surface area contributed by atoms with Crippen LogP contribution in [0.2, 0.25) is 5.02 Å². The number of rotatable bonds is 0. The summed E-state index contributed by atoms with van der Waals surface area (Å²) in [7, 11) is 0. The van der Waals surface area contributed by atoms with E-state index in [1.165, 1.54) is 6.07 Å². The van der Waals surface area contributed by atoms with E-state index in [0.29, 0.717) is 5.02 Å². The molecule has 1 heterocycles. The Morgan fingerprint density at radius 3 is 2.77 bits per heavy atom. The van der Waals surface area contributed by atoms with Crippen LogP contribution < -0.4 is 5.56 Å². The molecule has 0 atom stereocenters. The van der Waals surface area contributed by atoms with Gasteiger partial charge < -0.3 is 4.98 Å². The fourth-order valence-corrected chi connectivity index (χ4v) is 1.85. The molecule has 0 aliphatic carbocycles. The van der Waals surface area contributed by atoms with Crippen LogP contribution in [0.5, 0.6) is 0 Å². The Hall–Kier alpha value is -0.800. The summed E-state index contributed by atoms with van der Waals surface area (Å²) in [5.74, 6) is 0. The number of H-pyrrole nitrogens is 1. The molecule has 0 saturated carbocycles. The molecule has 1 N–H and O–H groups in total. The van der Waals surface area contributed by atoms with Crippen molar-refractivity contribution in [2.75, 3.05) is 0 Å². The summed E-state index contributed by atoms with van der Waals surface area (Å²) in [6, 6.07) is 6.76. The average molecular weight is 259 g/mol. The van der Waals surface area contributed by atoms with Crippen LogP contribution in [0.4, 0.5) is 0 Å². The Balaban J connectivity index is 3.00. The molecule has 0 aliphatic rings. The van der Waals surface area contributed by atoms with Crippen molar-refractivity contribution in [2.45, 2.75) is 0 Å². The summed E-state index contributed by atoms with van der Waals surface area (Å²) >= 11 is 9.27. The fraction of sp³-hybridized carbons (Fsp3) is 0. The summed E-state index contributed by atoms with van der Waals surface area (Å²) in [5, 5.41) is 1.48. The van der Waals surface area contributed by atoms with Gasteiger partial charge in [-0.1, -0.05) is 11.6 Å². The van der Waals surface area contributed by atoms with Gasteiger partial charge >= 0.3 is 0 Å². The highest BCUT2D eigenvalue weighted by Gasteiger charge is 2.02. The molecule has 1 aromatic carbocycles. The molecule has 0 unspecified atom stereocenters. The molecule has 0 bridgehead atoms. The van der Waals surface area contributed by atoms with E-state index in [0.717, 1.165) is 15.4 Å². The maximum absolute atomic E-state index is 11.0. The number of halogens is 2. The predicted molar refractivity (Wildman–Crippen MR) is 57.3 cm³/mol. The quantitative estimate of drug-likeness (QED) is 0.774. The zero-order valence-corrected chi connectivity index (χ0v) is 8.82.